The van der Waals surface area contributed by atoms with E-state index < -0.39 is 0 Å². The predicted molar refractivity (Wildman–Crippen MR) is 73.0 cm³/mol. The molecule has 4 N–H and O–H groups in total. The summed E-state index contributed by atoms with van der Waals surface area (Å²) in [6, 6.07) is 3.04. The number of amides is 1. The van der Waals surface area contributed by atoms with E-state index in [1.807, 2.05) is 0 Å². The lowest BCUT2D eigenvalue weighted by molar-refractivity contribution is -0.0679. The van der Waals surface area contributed by atoms with Crippen LogP contribution in [0.1, 0.15) is 29.6 Å². The molecule has 6 nitrogen and oxygen atoms in total. The molecule has 0 atom stereocenters. The van der Waals surface area contributed by atoms with Gasteiger partial charge in [-0.2, -0.15) is 0 Å². The molecule has 1 aliphatic carbocycles. The van der Waals surface area contributed by atoms with Crippen molar-refractivity contribution >= 4 is 23.3 Å². The van der Waals surface area contributed by atoms with Crippen LogP contribution in [0.5, 0.6) is 0 Å². The number of rotatable bonds is 5. The van der Waals surface area contributed by atoms with Crippen molar-refractivity contribution in [3.8, 4) is 0 Å². The minimum Gasteiger partial charge on any atom is -0.376 e. The van der Waals surface area contributed by atoms with Gasteiger partial charge in [-0.05, 0) is 31.4 Å². The van der Waals surface area contributed by atoms with Crippen molar-refractivity contribution in [2.24, 2.45) is 5.84 Å². The second-order valence-electron chi connectivity index (χ2n) is 4.63. The molecule has 1 aromatic rings. The molecule has 0 bridgehead atoms. The summed E-state index contributed by atoms with van der Waals surface area (Å²) in [7, 11) is 1.67. The molecule has 0 radical (unpaired) electrons. The van der Waals surface area contributed by atoms with Crippen LogP contribution in [0.15, 0.2) is 12.1 Å². The van der Waals surface area contributed by atoms with Gasteiger partial charge in [0, 0.05) is 19.2 Å². The van der Waals surface area contributed by atoms with Gasteiger partial charge in [0.25, 0.3) is 5.91 Å². The molecule has 1 heterocycles. The largest absolute Gasteiger partial charge is 0.376 e. The van der Waals surface area contributed by atoms with Crippen LogP contribution in [-0.4, -0.2) is 30.1 Å². The van der Waals surface area contributed by atoms with Crippen molar-refractivity contribution in [2.75, 3.05) is 19.1 Å². The van der Waals surface area contributed by atoms with Crippen LogP contribution in [0, 0.1) is 0 Å². The highest BCUT2D eigenvalue weighted by Gasteiger charge is 2.37. The third-order valence-corrected chi connectivity index (χ3v) is 3.67. The SMILES string of the molecule is COC1(CNC(=O)c2cc(Cl)nc(NN)c2)CCC1. The van der Waals surface area contributed by atoms with Crippen LogP contribution in [-0.2, 0) is 4.74 Å². The van der Waals surface area contributed by atoms with E-state index in [4.69, 9.17) is 22.2 Å². The summed E-state index contributed by atoms with van der Waals surface area (Å²) < 4.78 is 5.44. The fourth-order valence-corrected chi connectivity index (χ4v) is 2.28. The smallest absolute Gasteiger partial charge is 0.251 e. The monoisotopic (exact) mass is 284 g/mol. The normalized spacial score (nSPS) is 16.6. The molecular formula is C12H17ClN4O2. The number of hydrazine groups is 1. The highest BCUT2D eigenvalue weighted by molar-refractivity contribution is 6.29. The number of hydrogen-bond acceptors (Lipinski definition) is 5. The molecular weight excluding hydrogens is 268 g/mol. The Morgan fingerprint density at radius 3 is 2.84 bits per heavy atom. The van der Waals surface area contributed by atoms with Gasteiger partial charge in [-0.3, -0.25) is 4.79 Å². The maximum atomic E-state index is 12.0. The molecule has 2 rings (SSSR count). The number of nitrogen functional groups attached to an aromatic ring is 1. The van der Waals surface area contributed by atoms with E-state index >= 15 is 0 Å². The van der Waals surface area contributed by atoms with Gasteiger partial charge in [-0.15, -0.1) is 0 Å². The number of nitrogens with two attached hydrogens (primary N) is 1. The molecule has 1 saturated carbocycles. The number of ether oxygens (including phenoxy) is 1. The van der Waals surface area contributed by atoms with Gasteiger partial charge in [0.1, 0.15) is 11.0 Å². The molecule has 1 aliphatic rings. The van der Waals surface area contributed by atoms with Crippen LogP contribution in [0.2, 0.25) is 5.15 Å². The minimum absolute atomic E-state index is 0.207. The van der Waals surface area contributed by atoms with Crippen molar-refractivity contribution in [2.45, 2.75) is 24.9 Å². The van der Waals surface area contributed by atoms with Gasteiger partial charge in [0.05, 0.1) is 5.60 Å². The zero-order chi connectivity index (χ0) is 13.9. The number of hydrogen-bond donors (Lipinski definition) is 3. The molecule has 7 heteroatoms. The molecule has 0 aromatic carbocycles. The summed E-state index contributed by atoms with van der Waals surface area (Å²) in [6.07, 6.45) is 3.07. The third kappa shape index (κ3) is 3.15. The molecule has 1 amide bonds. The van der Waals surface area contributed by atoms with Gasteiger partial charge in [-0.1, -0.05) is 11.6 Å². The van der Waals surface area contributed by atoms with Crippen molar-refractivity contribution in [1.29, 1.82) is 0 Å². The molecule has 104 valence electrons. The number of aromatic nitrogens is 1. The molecule has 0 spiro atoms. The Morgan fingerprint density at radius 1 is 1.58 bits per heavy atom. The minimum atomic E-state index is -0.218. The Morgan fingerprint density at radius 2 is 2.32 bits per heavy atom. The Kier molecular flexibility index (Phi) is 4.24. The zero-order valence-electron chi connectivity index (χ0n) is 10.7. The number of methoxy groups -OCH3 is 1. The average Bonchev–Trinajstić information content (AvgIpc) is 2.37. The van der Waals surface area contributed by atoms with E-state index in [1.165, 1.54) is 6.07 Å². The first kappa shape index (κ1) is 14.0. The van der Waals surface area contributed by atoms with Crippen molar-refractivity contribution in [3.05, 3.63) is 22.8 Å². The zero-order valence-corrected chi connectivity index (χ0v) is 11.5. The first-order valence-electron chi connectivity index (χ1n) is 6.06. The van der Waals surface area contributed by atoms with Gasteiger partial charge in [0.2, 0.25) is 0 Å². The van der Waals surface area contributed by atoms with Crippen LogP contribution >= 0.6 is 11.6 Å². The molecule has 0 aliphatic heterocycles. The van der Waals surface area contributed by atoms with Gasteiger partial charge >= 0.3 is 0 Å². The van der Waals surface area contributed by atoms with Crippen LogP contribution in [0.25, 0.3) is 0 Å². The number of halogens is 1. The molecule has 19 heavy (non-hydrogen) atoms. The summed E-state index contributed by atoms with van der Waals surface area (Å²) in [4.78, 5) is 16.0. The predicted octanol–water partition coefficient (Wildman–Crippen LogP) is 1.32. The maximum Gasteiger partial charge on any atom is 0.251 e. The Balaban J connectivity index is 2.01. The number of nitrogens with zero attached hydrogens (tertiary/aromatic N) is 1. The number of nitrogens with one attached hydrogen (secondary N) is 2. The summed E-state index contributed by atoms with van der Waals surface area (Å²) in [6.45, 7) is 0.494. The highest BCUT2D eigenvalue weighted by Crippen LogP contribution is 2.34. The van der Waals surface area contributed by atoms with Crippen LogP contribution in [0.3, 0.4) is 0 Å². The summed E-state index contributed by atoms with van der Waals surface area (Å²) >= 11 is 5.82. The van der Waals surface area contributed by atoms with Gasteiger partial charge in [0.15, 0.2) is 0 Å². The fraction of sp³-hybridized carbons (Fsp3) is 0.500. The second kappa shape index (κ2) is 5.73. The van der Waals surface area contributed by atoms with E-state index in [0.717, 1.165) is 19.3 Å². The van der Waals surface area contributed by atoms with Crippen LogP contribution < -0.4 is 16.6 Å². The lowest BCUT2D eigenvalue weighted by Crippen LogP contribution is -2.49. The highest BCUT2D eigenvalue weighted by atomic mass is 35.5. The Labute approximate surface area is 116 Å². The van der Waals surface area contributed by atoms with E-state index in [-0.39, 0.29) is 16.7 Å². The Hall–Kier alpha value is -1.37. The van der Waals surface area contributed by atoms with Crippen molar-refractivity contribution in [3.63, 3.8) is 0 Å². The second-order valence-corrected chi connectivity index (χ2v) is 5.02. The molecule has 1 fully saturated rings. The summed E-state index contributed by atoms with van der Waals surface area (Å²) in [5.41, 5.74) is 2.58. The molecule has 0 unspecified atom stereocenters. The van der Waals surface area contributed by atoms with Crippen LogP contribution in [0.4, 0.5) is 5.82 Å². The average molecular weight is 285 g/mol. The van der Waals surface area contributed by atoms with Crippen molar-refractivity contribution in [1.82, 2.24) is 10.3 Å². The van der Waals surface area contributed by atoms with Crippen molar-refractivity contribution < 1.29 is 9.53 Å². The lowest BCUT2D eigenvalue weighted by atomic mass is 9.80. The number of anilines is 1. The fourth-order valence-electron chi connectivity index (χ4n) is 2.07. The van der Waals surface area contributed by atoms with E-state index in [9.17, 15) is 4.79 Å². The summed E-state index contributed by atoms with van der Waals surface area (Å²) in [5, 5.41) is 3.07. The topological polar surface area (TPSA) is 89.3 Å². The van der Waals surface area contributed by atoms with E-state index in [2.05, 4.69) is 15.7 Å². The number of carbonyl (C=O) groups excluding carboxylic acids is 1. The molecule has 0 saturated heterocycles. The summed E-state index contributed by atoms with van der Waals surface area (Å²) in [5.74, 6) is 5.39. The third-order valence-electron chi connectivity index (χ3n) is 3.47. The van der Waals surface area contributed by atoms with Gasteiger partial charge < -0.3 is 15.5 Å². The standard InChI is InChI=1S/C12H17ClN4O2/c1-19-12(3-2-4-12)7-15-11(18)8-5-9(13)16-10(6-8)17-14/h5-6H,2-4,7,14H2,1H3,(H,15,18)(H,16,17). The van der Waals surface area contributed by atoms with E-state index in [1.54, 1.807) is 13.2 Å². The lowest BCUT2D eigenvalue weighted by Gasteiger charge is -2.40. The number of pyridine rings is 1. The maximum absolute atomic E-state index is 12.0. The quantitative estimate of drug-likeness (QED) is 0.431. The number of carbonyl (C=O) groups is 1. The Bertz CT molecular complexity index is 471. The van der Waals surface area contributed by atoms with E-state index in [0.29, 0.717) is 17.9 Å². The van der Waals surface area contributed by atoms with Gasteiger partial charge in [-0.25, -0.2) is 10.8 Å². The first-order chi connectivity index (χ1) is 9.08. The first-order valence-corrected chi connectivity index (χ1v) is 6.44. The molecule has 1 aromatic heterocycles.